The monoisotopic (exact) mass is 434 g/mol. The molecule has 3 rings (SSSR count). The number of anilines is 1. The van der Waals surface area contributed by atoms with Gasteiger partial charge in [-0.25, -0.2) is 4.79 Å². The number of rotatable bonds is 6. The summed E-state index contributed by atoms with van der Waals surface area (Å²) in [6, 6.07) is 4.10. The molecule has 5 amide bonds. The predicted molar refractivity (Wildman–Crippen MR) is 113 cm³/mol. The molecule has 1 saturated carbocycles. The van der Waals surface area contributed by atoms with Crippen LogP contribution in [0.1, 0.15) is 62.7 Å². The van der Waals surface area contributed by atoms with Crippen molar-refractivity contribution >= 4 is 41.0 Å². The van der Waals surface area contributed by atoms with Crippen LogP contribution in [0.2, 0.25) is 5.02 Å². The minimum absolute atomic E-state index is 0.0215. The first-order valence-electron chi connectivity index (χ1n) is 10.3. The zero-order chi connectivity index (χ0) is 21.9. The van der Waals surface area contributed by atoms with Crippen LogP contribution in [-0.2, 0) is 9.59 Å². The average molecular weight is 435 g/mol. The molecule has 0 bridgehead atoms. The summed E-state index contributed by atoms with van der Waals surface area (Å²) in [7, 11) is 0. The standard InChI is InChI=1S/C21H27ClN4O4/c1-13(2)23-18(28)15-7-6-14(22)12-16(15)24-17(27)8-11-26-19(29)21(25-20(26)30)9-4-3-5-10-21/h6-7,12-13H,3-5,8-11H2,1-2H3,(H,23,28)(H,24,27)(H,25,30). The number of nitrogens with one attached hydrogen (secondary N) is 3. The Morgan fingerprint density at radius 1 is 1.20 bits per heavy atom. The Bertz CT molecular complexity index is 865. The Balaban J connectivity index is 1.64. The van der Waals surface area contributed by atoms with E-state index in [-0.39, 0.29) is 42.1 Å². The lowest BCUT2D eigenvalue weighted by Crippen LogP contribution is -2.48. The van der Waals surface area contributed by atoms with Gasteiger partial charge in [-0.2, -0.15) is 0 Å². The van der Waals surface area contributed by atoms with Gasteiger partial charge in [0.2, 0.25) is 5.91 Å². The lowest BCUT2D eigenvalue weighted by atomic mass is 9.82. The summed E-state index contributed by atoms with van der Waals surface area (Å²) in [5.74, 6) is -0.994. The van der Waals surface area contributed by atoms with Crippen molar-refractivity contribution in [3.63, 3.8) is 0 Å². The molecule has 9 heteroatoms. The fourth-order valence-corrected chi connectivity index (χ4v) is 4.13. The van der Waals surface area contributed by atoms with Crippen LogP contribution in [0.15, 0.2) is 18.2 Å². The minimum Gasteiger partial charge on any atom is -0.350 e. The molecule has 3 N–H and O–H groups in total. The third kappa shape index (κ3) is 4.75. The Hall–Kier alpha value is -2.61. The van der Waals surface area contributed by atoms with Crippen LogP contribution in [0.25, 0.3) is 0 Å². The van der Waals surface area contributed by atoms with Gasteiger partial charge in [0.1, 0.15) is 5.54 Å². The van der Waals surface area contributed by atoms with Crippen LogP contribution in [0.4, 0.5) is 10.5 Å². The number of nitrogens with zero attached hydrogens (tertiary/aromatic N) is 1. The summed E-state index contributed by atoms with van der Waals surface area (Å²) < 4.78 is 0. The second-order valence-electron chi connectivity index (χ2n) is 8.15. The number of benzene rings is 1. The maximum Gasteiger partial charge on any atom is 0.325 e. The van der Waals surface area contributed by atoms with E-state index in [9.17, 15) is 19.2 Å². The number of hydrogen-bond acceptors (Lipinski definition) is 4. The number of urea groups is 1. The quantitative estimate of drug-likeness (QED) is 0.598. The fraction of sp³-hybridized carbons (Fsp3) is 0.524. The highest BCUT2D eigenvalue weighted by atomic mass is 35.5. The third-order valence-electron chi connectivity index (χ3n) is 5.44. The summed E-state index contributed by atoms with van der Waals surface area (Å²) in [5.41, 5.74) is -0.231. The molecule has 0 aromatic heterocycles. The van der Waals surface area contributed by atoms with Gasteiger partial charge in [-0.1, -0.05) is 30.9 Å². The van der Waals surface area contributed by atoms with Crippen molar-refractivity contribution in [3.05, 3.63) is 28.8 Å². The molecule has 1 aromatic carbocycles. The van der Waals surface area contributed by atoms with Crippen LogP contribution in [0.5, 0.6) is 0 Å². The maximum atomic E-state index is 12.8. The highest BCUT2D eigenvalue weighted by molar-refractivity contribution is 6.31. The predicted octanol–water partition coefficient (Wildman–Crippen LogP) is 3.06. The largest absolute Gasteiger partial charge is 0.350 e. The molecule has 1 aliphatic heterocycles. The van der Waals surface area contributed by atoms with Crippen LogP contribution < -0.4 is 16.0 Å². The first-order valence-corrected chi connectivity index (χ1v) is 10.6. The molecule has 0 atom stereocenters. The molecule has 30 heavy (non-hydrogen) atoms. The van der Waals surface area contributed by atoms with Crippen LogP contribution in [-0.4, -0.2) is 46.8 Å². The smallest absolute Gasteiger partial charge is 0.325 e. The van der Waals surface area contributed by atoms with Crippen molar-refractivity contribution in [2.45, 2.75) is 64.0 Å². The van der Waals surface area contributed by atoms with E-state index in [1.165, 1.54) is 6.07 Å². The van der Waals surface area contributed by atoms with Gasteiger partial charge in [0, 0.05) is 24.0 Å². The molecule has 0 unspecified atom stereocenters. The summed E-state index contributed by atoms with van der Waals surface area (Å²) in [4.78, 5) is 51.1. The van der Waals surface area contributed by atoms with Gasteiger partial charge in [0.05, 0.1) is 11.3 Å². The van der Waals surface area contributed by atoms with Crippen molar-refractivity contribution in [2.24, 2.45) is 0 Å². The van der Waals surface area contributed by atoms with E-state index in [0.29, 0.717) is 17.9 Å². The van der Waals surface area contributed by atoms with E-state index in [1.54, 1.807) is 12.1 Å². The van der Waals surface area contributed by atoms with E-state index >= 15 is 0 Å². The van der Waals surface area contributed by atoms with Gasteiger partial charge in [0.15, 0.2) is 0 Å². The van der Waals surface area contributed by atoms with E-state index in [4.69, 9.17) is 11.6 Å². The molecule has 1 spiro atoms. The summed E-state index contributed by atoms with van der Waals surface area (Å²) in [6.45, 7) is 3.65. The number of halogens is 1. The lowest BCUT2D eigenvalue weighted by Gasteiger charge is -2.30. The van der Waals surface area contributed by atoms with Crippen molar-refractivity contribution < 1.29 is 19.2 Å². The van der Waals surface area contributed by atoms with Crippen molar-refractivity contribution in [1.29, 1.82) is 0 Å². The number of carbonyl (C=O) groups is 4. The van der Waals surface area contributed by atoms with Gasteiger partial charge in [0.25, 0.3) is 11.8 Å². The normalized spacial score (nSPS) is 17.9. The third-order valence-corrected chi connectivity index (χ3v) is 5.67. The van der Waals surface area contributed by atoms with Crippen LogP contribution in [0.3, 0.4) is 0 Å². The molecule has 2 aliphatic rings. The second-order valence-corrected chi connectivity index (χ2v) is 8.58. The van der Waals surface area contributed by atoms with E-state index in [1.807, 2.05) is 13.8 Å². The number of hydrogen-bond donors (Lipinski definition) is 3. The molecule has 2 fully saturated rings. The van der Waals surface area contributed by atoms with E-state index < -0.39 is 17.5 Å². The van der Waals surface area contributed by atoms with Gasteiger partial charge in [-0.3, -0.25) is 19.3 Å². The van der Waals surface area contributed by atoms with Crippen LogP contribution in [0, 0.1) is 0 Å². The van der Waals surface area contributed by atoms with Gasteiger partial charge < -0.3 is 16.0 Å². The van der Waals surface area contributed by atoms with Crippen molar-refractivity contribution in [2.75, 3.05) is 11.9 Å². The second kappa shape index (κ2) is 9.04. The molecule has 0 radical (unpaired) electrons. The Labute approximate surface area is 180 Å². The molecule has 1 aliphatic carbocycles. The molecule has 162 valence electrons. The van der Waals surface area contributed by atoms with Gasteiger partial charge in [-0.05, 0) is 44.9 Å². The number of amides is 5. The first-order chi connectivity index (χ1) is 14.2. The summed E-state index contributed by atoms with van der Waals surface area (Å²) >= 11 is 6.02. The highest BCUT2D eigenvalue weighted by Crippen LogP contribution is 2.33. The Morgan fingerprint density at radius 3 is 2.57 bits per heavy atom. The Morgan fingerprint density at radius 2 is 1.90 bits per heavy atom. The molecule has 1 heterocycles. The lowest BCUT2D eigenvalue weighted by molar-refractivity contribution is -0.132. The number of imide groups is 1. The molecular weight excluding hydrogens is 408 g/mol. The average Bonchev–Trinajstić information content (AvgIpc) is 2.89. The first kappa shape index (κ1) is 22.1. The topological polar surface area (TPSA) is 108 Å². The van der Waals surface area contributed by atoms with E-state index in [2.05, 4.69) is 16.0 Å². The van der Waals surface area contributed by atoms with Gasteiger partial charge >= 0.3 is 6.03 Å². The zero-order valence-corrected chi connectivity index (χ0v) is 18.0. The molecule has 1 saturated heterocycles. The van der Waals surface area contributed by atoms with Crippen LogP contribution >= 0.6 is 11.6 Å². The van der Waals surface area contributed by atoms with E-state index in [0.717, 1.165) is 24.2 Å². The SMILES string of the molecule is CC(C)NC(=O)c1ccc(Cl)cc1NC(=O)CCN1C(=O)NC2(CCCCC2)C1=O. The van der Waals surface area contributed by atoms with Crippen molar-refractivity contribution in [3.8, 4) is 0 Å². The summed E-state index contributed by atoms with van der Waals surface area (Å²) in [5, 5.41) is 8.65. The molecule has 8 nitrogen and oxygen atoms in total. The zero-order valence-electron chi connectivity index (χ0n) is 17.2. The fourth-order valence-electron chi connectivity index (χ4n) is 3.96. The number of carbonyl (C=O) groups excluding carboxylic acids is 4. The minimum atomic E-state index is -0.805. The van der Waals surface area contributed by atoms with Gasteiger partial charge in [-0.15, -0.1) is 0 Å². The highest BCUT2D eigenvalue weighted by Gasteiger charge is 2.51. The molecule has 1 aromatic rings. The van der Waals surface area contributed by atoms with Crippen molar-refractivity contribution in [1.82, 2.24) is 15.5 Å². The Kier molecular flexibility index (Phi) is 6.65. The summed E-state index contributed by atoms with van der Waals surface area (Å²) in [6.07, 6.45) is 4.05. The molecular formula is C21H27ClN4O4. The maximum absolute atomic E-state index is 12.8.